The van der Waals surface area contributed by atoms with Gasteiger partial charge in [0.1, 0.15) is 0 Å². The van der Waals surface area contributed by atoms with Crippen LogP contribution in [0.15, 0.2) is 0 Å². The molecule has 0 heterocycles. The Morgan fingerprint density at radius 1 is 0.308 bits per heavy atom. The van der Waals surface area contributed by atoms with Gasteiger partial charge in [-0.15, -0.1) is 0 Å². The van der Waals surface area contributed by atoms with Crippen LogP contribution < -0.4 is 0 Å². The van der Waals surface area contributed by atoms with Crippen LogP contribution in [0.2, 0.25) is 0 Å². The first-order valence-electron chi connectivity index (χ1n) is 1.10. The summed E-state index contributed by atoms with van der Waals surface area (Å²) in [6.45, 7) is 0. The van der Waals surface area contributed by atoms with Crippen molar-refractivity contribution in [2.24, 2.45) is 0 Å². The SMILES string of the molecule is O[S-].O[S-].O[S-].O[S-].O[S-].O[S-].[Mo]. The van der Waals surface area contributed by atoms with E-state index in [2.05, 4.69) is 77.5 Å². The molecule has 0 aliphatic carbocycles. The Bertz CT molecular complexity index is 17.1. The fraction of sp³-hybridized carbons (Fsp3) is 0. The molecule has 0 aromatic rings. The minimum Gasteiger partial charge on any atom is -0.628 e. The van der Waals surface area contributed by atoms with Gasteiger partial charge in [-0.3, -0.25) is 0 Å². The van der Waals surface area contributed by atoms with Gasteiger partial charge in [-0.1, -0.05) is 0 Å². The van der Waals surface area contributed by atoms with Crippen LogP contribution >= 0.6 is 0 Å². The van der Waals surface area contributed by atoms with Crippen molar-refractivity contribution in [1.82, 2.24) is 0 Å². The molecule has 0 bridgehead atoms. The molecule has 0 saturated heterocycles. The van der Waals surface area contributed by atoms with E-state index in [0.29, 0.717) is 0 Å². The fourth-order valence-electron chi connectivity index (χ4n) is 0. The van der Waals surface area contributed by atoms with E-state index in [-0.39, 0.29) is 21.1 Å². The zero-order valence-electron chi connectivity index (χ0n) is 5.54. The van der Waals surface area contributed by atoms with Crippen LogP contribution in [0.3, 0.4) is 0 Å². The van der Waals surface area contributed by atoms with Crippen molar-refractivity contribution in [3.8, 4) is 0 Å². The summed E-state index contributed by atoms with van der Waals surface area (Å²) in [5.41, 5.74) is 0. The maximum Gasteiger partial charge on any atom is 0 e. The van der Waals surface area contributed by atoms with Crippen LogP contribution in [0, 0.1) is 0 Å². The molecule has 0 atom stereocenters. The quantitative estimate of drug-likeness (QED) is 0.247. The molecule has 90 valence electrons. The number of hydrogen-bond donors (Lipinski definition) is 6. The molecule has 6 N–H and O–H groups in total. The van der Waals surface area contributed by atoms with E-state index in [1.165, 1.54) is 0 Å². The van der Waals surface area contributed by atoms with E-state index >= 15 is 0 Å². The first kappa shape index (κ1) is 45.0. The molecule has 0 amide bonds. The van der Waals surface area contributed by atoms with Gasteiger partial charge < -0.3 is 105 Å². The van der Waals surface area contributed by atoms with Gasteiger partial charge in [-0.25, -0.2) is 0 Å². The molecule has 0 aromatic carbocycles. The summed E-state index contributed by atoms with van der Waals surface area (Å²) < 4.78 is 39.5. The van der Waals surface area contributed by atoms with E-state index < -0.39 is 0 Å². The summed E-state index contributed by atoms with van der Waals surface area (Å²) in [7, 11) is 0. The van der Waals surface area contributed by atoms with Crippen molar-refractivity contribution in [2.75, 3.05) is 0 Å². The molecular formula is H6MoO6S6-6. The molecule has 13 heavy (non-hydrogen) atoms. The third-order valence-electron chi connectivity index (χ3n) is 0. The second kappa shape index (κ2) is 411. The summed E-state index contributed by atoms with van der Waals surface area (Å²) >= 11 is 18.5. The molecule has 0 spiro atoms. The van der Waals surface area contributed by atoms with E-state index in [1.807, 2.05) is 0 Å². The van der Waals surface area contributed by atoms with Crippen molar-refractivity contribution in [3.63, 3.8) is 0 Å². The molecule has 0 aromatic heterocycles. The molecule has 0 fully saturated rings. The summed E-state index contributed by atoms with van der Waals surface area (Å²) in [5, 5.41) is 0. The fourth-order valence-corrected chi connectivity index (χ4v) is 0. The summed E-state index contributed by atoms with van der Waals surface area (Å²) in [4.78, 5) is 0. The van der Waals surface area contributed by atoms with Crippen LogP contribution in [0.1, 0.15) is 0 Å². The predicted molar refractivity (Wildman–Crippen MR) is 60.0 cm³/mol. The Labute approximate surface area is 125 Å². The standard InChI is InChI=1S/Mo.6H2OS/c;6*1-2/h;6*1-2H/p-6. The van der Waals surface area contributed by atoms with Crippen LogP contribution in [-0.2, 0) is 98.5 Å². The zero-order valence-corrected chi connectivity index (χ0v) is 12.4. The Balaban J connectivity index is -0.00000000655. The first-order chi connectivity index (χ1) is 6.00. The minimum atomic E-state index is 0. The molecule has 0 radical (unpaired) electrons. The maximum absolute atomic E-state index is 6.58. The summed E-state index contributed by atoms with van der Waals surface area (Å²) in [6, 6.07) is 0. The Hall–Kier alpha value is 2.55. The smallest absolute Gasteiger partial charge is 0 e. The van der Waals surface area contributed by atoms with Gasteiger partial charge >= 0.3 is 0 Å². The monoisotopic (exact) mass is 392 g/mol. The second-order valence-corrected chi connectivity index (χ2v) is 0. The molecule has 6 nitrogen and oxygen atoms in total. The van der Waals surface area contributed by atoms with Gasteiger partial charge in [-0.05, 0) is 0 Å². The van der Waals surface area contributed by atoms with Crippen molar-refractivity contribution in [3.05, 3.63) is 0 Å². The zero-order chi connectivity index (χ0) is 12.0. The van der Waals surface area contributed by atoms with Gasteiger partial charge in [0, 0.05) is 21.1 Å². The predicted octanol–water partition coefficient (Wildman–Crippen LogP) is 0.0353. The van der Waals surface area contributed by atoms with Crippen molar-refractivity contribution < 1.29 is 48.4 Å². The van der Waals surface area contributed by atoms with Gasteiger partial charge in [0.15, 0.2) is 0 Å². The molecule has 0 rings (SSSR count). The van der Waals surface area contributed by atoms with E-state index in [1.54, 1.807) is 0 Å². The molecule has 13 heteroatoms. The average Bonchev–Trinajstić information content (AvgIpc) is 2.33. The number of rotatable bonds is 0. The molecule has 0 aliphatic heterocycles. The molecule has 0 aliphatic rings. The van der Waals surface area contributed by atoms with Crippen LogP contribution in [0.25, 0.3) is 0 Å². The molecular weight excluding hydrogens is 384 g/mol. The normalized spacial score (nSPS) is 2.77. The van der Waals surface area contributed by atoms with Crippen LogP contribution in [0.5, 0.6) is 0 Å². The maximum atomic E-state index is 6.58. The number of hydrogen-bond acceptors (Lipinski definition) is 12. The Morgan fingerprint density at radius 3 is 0.308 bits per heavy atom. The third kappa shape index (κ3) is 353. The largest absolute Gasteiger partial charge is 0.628 e. The van der Waals surface area contributed by atoms with Crippen LogP contribution in [-0.4, -0.2) is 27.3 Å². The first-order valence-corrected chi connectivity index (χ1v) is 3.29. The summed E-state index contributed by atoms with van der Waals surface area (Å²) in [6.07, 6.45) is 0. The average molecular weight is 390 g/mol. The van der Waals surface area contributed by atoms with Crippen molar-refractivity contribution in [1.29, 1.82) is 0 Å². The van der Waals surface area contributed by atoms with Gasteiger partial charge in [0.25, 0.3) is 0 Å². The second-order valence-electron chi connectivity index (χ2n) is 0. The van der Waals surface area contributed by atoms with Crippen LogP contribution in [0.4, 0.5) is 0 Å². The van der Waals surface area contributed by atoms with E-state index in [4.69, 9.17) is 27.3 Å². The van der Waals surface area contributed by atoms with E-state index in [9.17, 15) is 0 Å². The summed E-state index contributed by atoms with van der Waals surface area (Å²) in [5.74, 6) is 0. The minimum absolute atomic E-state index is 0. The van der Waals surface area contributed by atoms with Crippen molar-refractivity contribution >= 4 is 77.5 Å². The van der Waals surface area contributed by atoms with Gasteiger partial charge in [0.05, 0.1) is 0 Å². The third-order valence-corrected chi connectivity index (χ3v) is 0. The Morgan fingerprint density at radius 2 is 0.308 bits per heavy atom. The van der Waals surface area contributed by atoms with E-state index in [0.717, 1.165) is 0 Å². The molecule has 0 saturated carbocycles. The van der Waals surface area contributed by atoms with Crippen molar-refractivity contribution in [2.45, 2.75) is 0 Å². The Kier molecular flexibility index (Phi) is 1420. The molecule has 0 unspecified atom stereocenters. The van der Waals surface area contributed by atoms with Gasteiger partial charge in [-0.2, -0.15) is 0 Å². The topological polar surface area (TPSA) is 121 Å². The van der Waals surface area contributed by atoms with Gasteiger partial charge in [0.2, 0.25) is 0 Å².